The molecular weight excluding hydrogens is 229 g/mol. The molecule has 0 radical (unpaired) electrons. The average molecular weight is 239 g/mol. The fourth-order valence-electron chi connectivity index (χ4n) is 1.37. The molecule has 90 valence electrons. The molecule has 7 heteroatoms. The molecule has 17 heavy (non-hydrogen) atoms. The highest BCUT2D eigenvalue weighted by Crippen LogP contribution is 2.34. The molecule has 0 aromatic heterocycles. The van der Waals surface area contributed by atoms with Crippen molar-refractivity contribution in [2.45, 2.75) is 18.4 Å². The number of nitrogens with zero attached hydrogens (tertiary/aromatic N) is 1. The zero-order valence-electron chi connectivity index (χ0n) is 8.77. The van der Waals surface area contributed by atoms with Gasteiger partial charge in [-0.25, -0.2) is 4.39 Å². The van der Waals surface area contributed by atoms with Gasteiger partial charge in [-0.2, -0.15) is 0 Å². The summed E-state index contributed by atoms with van der Waals surface area (Å²) in [5.74, 6) is -1.21. The van der Waals surface area contributed by atoms with E-state index < -0.39 is 27.9 Å². The van der Waals surface area contributed by atoms with Crippen LogP contribution in [0.25, 0.3) is 0 Å². The second-order valence-corrected chi connectivity index (χ2v) is 4.03. The fourth-order valence-corrected chi connectivity index (χ4v) is 1.37. The number of nitro groups is 1. The van der Waals surface area contributed by atoms with E-state index in [0.717, 1.165) is 18.2 Å². The van der Waals surface area contributed by atoms with Gasteiger partial charge in [-0.15, -0.1) is 0 Å². The Morgan fingerprint density at radius 1 is 1.53 bits per heavy atom. The monoisotopic (exact) mass is 239 g/mol. The van der Waals surface area contributed by atoms with Crippen LogP contribution in [0.2, 0.25) is 0 Å². The SMILES string of the molecule is NC1(C(=O)Nc2ccc(F)cc2[N+](=O)[O-])CC1. The summed E-state index contributed by atoms with van der Waals surface area (Å²) in [7, 11) is 0. The zero-order chi connectivity index (χ0) is 12.6. The molecule has 1 aliphatic rings. The summed E-state index contributed by atoms with van der Waals surface area (Å²) in [4.78, 5) is 21.5. The van der Waals surface area contributed by atoms with Crippen LogP contribution in [0.3, 0.4) is 0 Å². The predicted molar refractivity (Wildman–Crippen MR) is 57.8 cm³/mol. The van der Waals surface area contributed by atoms with Gasteiger partial charge in [-0.3, -0.25) is 14.9 Å². The normalized spacial score (nSPS) is 16.4. The summed E-state index contributed by atoms with van der Waals surface area (Å²) >= 11 is 0. The van der Waals surface area contributed by atoms with Crippen molar-refractivity contribution < 1.29 is 14.1 Å². The van der Waals surface area contributed by atoms with E-state index in [1.165, 1.54) is 0 Å². The maximum absolute atomic E-state index is 12.8. The molecule has 1 aromatic carbocycles. The van der Waals surface area contributed by atoms with Gasteiger partial charge in [0.2, 0.25) is 5.91 Å². The Morgan fingerprint density at radius 3 is 2.71 bits per heavy atom. The lowest BCUT2D eigenvalue weighted by Crippen LogP contribution is -2.37. The van der Waals surface area contributed by atoms with Gasteiger partial charge in [-0.05, 0) is 25.0 Å². The number of nitro benzene ring substituents is 1. The number of hydrogen-bond acceptors (Lipinski definition) is 4. The highest BCUT2D eigenvalue weighted by molar-refractivity contribution is 6.01. The predicted octanol–water partition coefficient (Wildman–Crippen LogP) is 1.16. The minimum absolute atomic E-state index is 0.0434. The number of carbonyl (C=O) groups excluding carboxylic acids is 1. The number of amides is 1. The summed E-state index contributed by atoms with van der Waals surface area (Å²) in [6, 6.07) is 2.95. The quantitative estimate of drug-likeness (QED) is 0.610. The second kappa shape index (κ2) is 3.77. The summed E-state index contributed by atoms with van der Waals surface area (Å²) in [5, 5.41) is 13.0. The highest BCUT2D eigenvalue weighted by Gasteiger charge is 2.46. The van der Waals surface area contributed by atoms with Gasteiger partial charge in [0.25, 0.3) is 5.69 Å². The smallest absolute Gasteiger partial charge is 0.295 e. The summed E-state index contributed by atoms with van der Waals surface area (Å²) in [6.07, 6.45) is 1.10. The van der Waals surface area contributed by atoms with Crippen LogP contribution in [-0.2, 0) is 4.79 Å². The van der Waals surface area contributed by atoms with Crippen molar-refractivity contribution >= 4 is 17.3 Å². The molecule has 0 atom stereocenters. The van der Waals surface area contributed by atoms with Crippen molar-refractivity contribution in [2.24, 2.45) is 5.73 Å². The van der Waals surface area contributed by atoms with E-state index in [0.29, 0.717) is 12.8 Å². The molecule has 3 N–H and O–H groups in total. The van der Waals surface area contributed by atoms with Crippen molar-refractivity contribution in [2.75, 3.05) is 5.32 Å². The third kappa shape index (κ3) is 2.23. The number of benzene rings is 1. The number of nitrogens with two attached hydrogens (primary N) is 1. The average Bonchev–Trinajstić information content (AvgIpc) is 3.00. The van der Waals surface area contributed by atoms with Gasteiger partial charge >= 0.3 is 0 Å². The Bertz CT molecular complexity index is 500. The maximum Gasteiger partial charge on any atom is 0.295 e. The Labute approximate surface area is 95.8 Å². The number of anilines is 1. The molecule has 1 fully saturated rings. The van der Waals surface area contributed by atoms with Gasteiger partial charge in [-0.1, -0.05) is 0 Å². The number of rotatable bonds is 3. The Hall–Kier alpha value is -2.02. The molecule has 1 aliphatic carbocycles. The third-order valence-corrected chi connectivity index (χ3v) is 2.65. The van der Waals surface area contributed by atoms with E-state index in [1.54, 1.807) is 0 Å². The molecule has 0 spiro atoms. The lowest BCUT2D eigenvalue weighted by Gasteiger charge is -2.10. The number of hydrogen-bond donors (Lipinski definition) is 2. The molecule has 0 heterocycles. The van der Waals surface area contributed by atoms with Gasteiger partial charge in [0.15, 0.2) is 0 Å². The van der Waals surface area contributed by atoms with Crippen molar-refractivity contribution in [1.82, 2.24) is 0 Å². The van der Waals surface area contributed by atoms with Crippen molar-refractivity contribution in [3.05, 3.63) is 34.1 Å². The summed E-state index contributed by atoms with van der Waals surface area (Å²) < 4.78 is 12.8. The first-order valence-electron chi connectivity index (χ1n) is 4.97. The van der Waals surface area contributed by atoms with Crippen LogP contribution in [-0.4, -0.2) is 16.4 Å². The largest absolute Gasteiger partial charge is 0.319 e. The van der Waals surface area contributed by atoms with Crippen LogP contribution >= 0.6 is 0 Å². The summed E-state index contributed by atoms with van der Waals surface area (Å²) in [5.41, 5.74) is 4.18. The summed E-state index contributed by atoms with van der Waals surface area (Å²) in [6.45, 7) is 0. The maximum atomic E-state index is 12.8. The molecular formula is C10H10FN3O3. The molecule has 6 nitrogen and oxygen atoms in total. The lowest BCUT2D eigenvalue weighted by molar-refractivity contribution is -0.384. The van der Waals surface area contributed by atoms with Crippen molar-refractivity contribution in [1.29, 1.82) is 0 Å². The first-order valence-corrected chi connectivity index (χ1v) is 4.97. The highest BCUT2D eigenvalue weighted by atomic mass is 19.1. The van der Waals surface area contributed by atoms with Gasteiger partial charge in [0.1, 0.15) is 11.5 Å². The first-order chi connectivity index (χ1) is 7.92. The van der Waals surface area contributed by atoms with E-state index in [4.69, 9.17) is 5.73 Å². The van der Waals surface area contributed by atoms with Crippen molar-refractivity contribution in [3.63, 3.8) is 0 Å². The standard InChI is InChI=1S/C10H10FN3O3/c11-6-1-2-7(8(5-6)14(16)17)13-9(15)10(12)3-4-10/h1-2,5H,3-4,12H2,(H,13,15). The Kier molecular flexibility index (Phi) is 2.55. The van der Waals surface area contributed by atoms with Gasteiger partial charge in [0, 0.05) is 0 Å². The van der Waals surface area contributed by atoms with E-state index in [2.05, 4.69) is 5.32 Å². The van der Waals surface area contributed by atoms with E-state index in [-0.39, 0.29) is 5.69 Å². The van der Waals surface area contributed by atoms with Crippen LogP contribution < -0.4 is 11.1 Å². The van der Waals surface area contributed by atoms with E-state index >= 15 is 0 Å². The molecule has 1 saturated carbocycles. The van der Waals surface area contributed by atoms with Crippen LogP contribution in [0.15, 0.2) is 18.2 Å². The number of carbonyl (C=O) groups is 1. The minimum atomic E-state index is -0.928. The molecule has 0 bridgehead atoms. The molecule has 0 aliphatic heterocycles. The molecule has 1 aromatic rings. The molecule has 0 unspecified atom stereocenters. The van der Waals surface area contributed by atoms with E-state index in [9.17, 15) is 19.3 Å². The Balaban J connectivity index is 2.26. The second-order valence-electron chi connectivity index (χ2n) is 4.03. The van der Waals surface area contributed by atoms with E-state index in [1.807, 2.05) is 0 Å². The Morgan fingerprint density at radius 2 is 2.18 bits per heavy atom. The molecule has 2 rings (SSSR count). The van der Waals surface area contributed by atoms with Crippen LogP contribution in [0.1, 0.15) is 12.8 Å². The van der Waals surface area contributed by atoms with Crippen molar-refractivity contribution in [3.8, 4) is 0 Å². The minimum Gasteiger partial charge on any atom is -0.319 e. The van der Waals surface area contributed by atoms with Crippen LogP contribution in [0.5, 0.6) is 0 Å². The fraction of sp³-hybridized carbons (Fsp3) is 0.300. The molecule has 0 saturated heterocycles. The lowest BCUT2D eigenvalue weighted by atomic mass is 10.2. The number of halogens is 1. The van der Waals surface area contributed by atoms with Crippen LogP contribution in [0.4, 0.5) is 15.8 Å². The molecule has 1 amide bonds. The number of nitrogens with one attached hydrogen (secondary N) is 1. The van der Waals surface area contributed by atoms with Gasteiger partial charge in [0.05, 0.1) is 16.5 Å². The topological polar surface area (TPSA) is 98.3 Å². The van der Waals surface area contributed by atoms with Crippen LogP contribution in [0, 0.1) is 15.9 Å². The van der Waals surface area contributed by atoms with Gasteiger partial charge < -0.3 is 11.1 Å². The first kappa shape index (κ1) is 11.5. The zero-order valence-corrected chi connectivity index (χ0v) is 8.77. The third-order valence-electron chi connectivity index (χ3n) is 2.65.